The molecule has 0 unspecified atom stereocenters. The summed E-state index contributed by atoms with van der Waals surface area (Å²) in [6.07, 6.45) is 3.48. The van der Waals surface area contributed by atoms with E-state index in [9.17, 15) is 10.1 Å². The lowest BCUT2D eigenvalue weighted by Gasteiger charge is -2.07. The van der Waals surface area contributed by atoms with Crippen LogP contribution in [0.15, 0.2) is 83.9 Å². The first-order chi connectivity index (χ1) is 15.1. The third kappa shape index (κ3) is 5.10. The number of carbonyl (C=O) groups is 1. The van der Waals surface area contributed by atoms with E-state index in [-0.39, 0.29) is 5.57 Å². The zero-order chi connectivity index (χ0) is 21.6. The Kier molecular flexibility index (Phi) is 6.27. The van der Waals surface area contributed by atoms with Gasteiger partial charge in [0, 0.05) is 34.4 Å². The minimum Gasteiger partial charge on any atom is -0.344 e. The van der Waals surface area contributed by atoms with Gasteiger partial charge in [0.25, 0.3) is 5.91 Å². The van der Waals surface area contributed by atoms with Crippen LogP contribution in [0.25, 0.3) is 17.3 Å². The molecule has 7 heteroatoms. The van der Waals surface area contributed by atoms with Crippen molar-refractivity contribution in [3.05, 3.63) is 100 Å². The number of benzene rings is 2. The quantitative estimate of drug-likeness (QED) is 0.299. The molecule has 2 heterocycles. The van der Waals surface area contributed by atoms with Crippen LogP contribution in [0.2, 0.25) is 5.02 Å². The minimum atomic E-state index is -0.490. The highest BCUT2D eigenvalue weighted by Crippen LogP contribution is 2.25. The van der Waals surface area contributed by atoms with Crippen LogP contribution in [0, 0.1) is 11.3 Å². The molecule has 152 valence electrons. The van der Waals surface area contributed by atoms with Gasteiger partial charge in [-0.15, -0.1) is 11.3 Å². The molecule has 0 aliphatic rings. The number of carbonyl (C=O) groups excluding carboxylic acids is 1. The number of nitrogens with zero attached hydrogens (tertiary/aromatic N) is 3. The fourth-order valence-corrected chi connectivity index (χ4v) is 3.86. The highest BCUT2D eigenvalue weighted by molar-refractivity contribution is 7.14. The van der Waals surface area contributed by atoms with Gasteiger partial charge in [-0.1, -0.05) is 54.1 Å². The highest BCUT2D eigenvalue weighted by atomic mass is 35.5. The van der Waals surface area contributed by atoms with Gasteiger partial charge in [0.15, 0.2) is 5.13 Å². The van der Waals surface area contributed by atoms with Crippen LogP contribution in [-0.2, 0) is 11.3 Å². The van der Waals surface area contributed by atoms with Gasteiger partial charge >= 0.3 is 0 Å². The lowest BCUT2D eigenvalue weighted by molar-refractivity contribution is -0.112. The van der Waals surface area contributed by atoms with Gasteiger partial charge in [-0.25, -0.2) is 4.98 Å². The van der Waals surface area contributed by atoms with Crippen LogP contribution in [0.5, 0.6) is 0 Å². The molecule has 4 rings (SSSR count). The van der Waals surface area contributed by atoms with Crippen LogP contribution in [-0.4, -0.2) is 15.5 Å². The average molecular weight is 445 g/mol. The largest absolute Gasteiger partial charge is 0.344 e. The van der Waals surface area contributed by atoms with Gasteiger partial charge < -0.3 is 4.57 Å². The van der Waals surface area contributed by atoms with Crippen molar-refractivity contribution in [2.75, 3.05) is 5.32 Å². The Bertz CT molecular complexity index is 1270. The van der Waals surface area contributed by atoms with Gasteiger partial charge in [-0.3, -0.25) is 10.1 Å². The molecule has 0 saturated carbocycles. The standard InChI is InChI=1S/C24H17ClN4OS/c25-20-10-8-17(9-11-20)15-29-12-4-7-21(29)13-19(14-26)23(30)28-24-27-22(16-31-24)18-5-2-1-3-6-18/h1-13,16H,15H2,(H,27,28,30)/b19-13-. The van der Waals surface area contributed by atoms with Crippen molar-refractivity contribution in [2.45, 2.75) is 6.54 Å². The molecule has 0 spiro atoms. The van der Waals surface area contributed by atoms with E-state index in [1.807, 2.05) is 88.9 Å². The number of hydrogen-bond donors (Lipinski definition) is 1. The van der Waals surface area contributed by atoms with Crippen molar-refractivity contribution < 1.29 is 4.79 Å². The second-order valence-electron chi connectivity index (χ2n) is 6.72. The molecule has 0 aliphatic heterocycles. The summed E-state index contributed by atoms with van der Waals surface area (Å²) in [7, 11) is 0. The molecule has 1 N–H and O–H groups in total. The van der Waals surface area contributed by atoms with Crippen LogP contribution < -0.4 is 5.32 Å². The summed E-state index contributed by atoms with van der Waals surface area (Å²) in [5, 5.41) is 15.3. The van der Waals surface area contributed by atoms with E-state index in [1.165, 1.54) is 11.3 Å². The minimum absolute atomic E-state index is 0.00696. The summed E-state index contributed by atoms with van der Waals surface area (Å²) >= 11 is 7.27. The third-order valence-electron chi connectivity index (χ3n) is 4.58. The van der Waals surface area contributed by atoms with E-state index < -0.39 is 5.91 Å². The molecular formula is C24H17ClN4OS. The molecular weight excluding hydrogens is 428 g/mol. The third-order valence-corrected chi connectivity index (χ3v) is 5.59. The molecule has 2 aromatic carbocycles. The number of hydrogen-bond acceptors (Lipinski definition) is 4. The summed E-state index contributed by atoms with van der Waals surface area (Å²) in [5.41, 5.74) is 3.57. The van der Waals surface area contributed by atoms with Gasteiger partial charge in [-0.2, -0.15) is 5.26 Å². The zero-order valence-corrected chi connectivity index (χ0v) is 17.9. The summed E-state index contributed by atoms with van der Waals surface area (Å²) in [6, 6.07) is 23.0. The van der Waals surface area contributed by atoms with Crippen LogP contribution in [0.3, 0.4) is 0 Å². The summed E-state index contributed by atoms with van der Waals surface area (Å²) < 4.78 is 1.96. The smallest absolute Gasteiger partial charge is 0.268 e. The number of thiazole rings is 1. The van der Waals surface area contributed by atoms with E-state index in [1.54, 1.807) is 6.08 Å². The molecule has 0 fully saturated rings. The maximum Gasteiger partial charge on any atom is 0.268 e. The monoisotopic (exact) mass is 444 g/mol. The molecule has 2 aromatic heterocycles. The topological polar surface area (TPSA) is 70.7 Å². The maximum atomic E-state index is 12.7. The molecule has 0 bridgehead atoms. The van der Waals surface area contributed by atoms with Crippen LogP contribution in [0.1, 0.15) is 11.3 Å². The number of halogens is 1. The van der Waals surface area contributed by atoms with E-state index >= 15 is 0 Å². The van der Waals surface area contributed by atoms with E-state index in [2.05, 4.69) is 10.3 Å². The van der Waals surface area contributed by atoms with Gasteiger partial charge in [0.05, 0.1) is 5.69 Å². The Morgan fingerprint density at radius 2 is 1.90 bits per heavy atom. The Morgan fingerprint density at radius 1 is 1.13 bits per heavy atom. The van der Waals surface area contributed by atoms with E-state index in [4.69, 9.17) is 11.6 Å². The number of amides is 1. The van der Waals surface area contributed by atoms with Gasteiger partial charge in [-0.05, 0) is 35.9 Å². The van der Waals surface area contributed by atoms with E-state index in [0.717, 1.165) is 22.5 Å². The molecule has 0 atom stereocenters. The molecule has 0 radical (unpaired) electrons. The average Bonchev–Trinajstić information content (AvgIpc) is 3.43. The summed E-state index contributed by atoms with van der Waals surface area (Å²) in [5.74, 6) is -0.490. The number of nitrogens with one attached hydrogen (secondary N) is 1. The molecule has 0 aliphatic carbocycles. The molecule has 4 aromatic rings. The van der Waals surface area contributed by atoms with Crippen LogP contribution in [0.4, 0.5) is 5.13 Å². The molecule has 31 heavy (non-hydrogen) atoms. The zero-order valence-electron chi connectivity index (χ0n) is 16.3. The maximum absolute atomic E-state index is 12.7. The predicted molar refractivity (Wildman–Crippen MR) is 125 cm³/mol. The van der Waals surface area contributed by atoms with Gasteiger partial charge in [0.2, 0.25) is 0 Å². The Morgan fingerprint density at radius 3 is 2.65 bits per heavy atom. The SMILES string of the molecule is N#C/C(=C/c1cccn1Cc1ccc(Cl)cc1)C(=O)Nc1nc(-c2ccccc2)cs1. The van der Waals surface area contributed by atoms with Crippen molar-refractivity contribution in [2.24, 2.45) is 0 Å². The number of aromatic nitrogens is 2. The summed E-state index contributed by atoms with van der Waals surface area (Å²) in [6.45, 7) is 0.600. The van der Waals surface area contributed by atoms with Crippen molar-refractivity contribution in [3.63, 3.8) is 0 Å². The Hall–Kier alpha value is -3.66. The molecule has 5 nitrogen and oxygen atoms in total. The first-order valence-corrected chi connectivity index (χ1v) is 10.7. The number of nitriles is 1. The second-order valence-corrected chi connectivity index (χ2v) is 8.01. The summed E-state index contributed by atoms with van der Waals surface area (Å²) in [4.78, 5) is 17.1. The van der Waals surface area contributed by atoms with E-state index in [0.29, 0.717) is 16.7 Å². The Balaban J connectivity index is 1.50. The Labute approximate surface area is 188 Å². The first-order valence-electron chi connectivity index (χ1n) is 9.46. The highest BCUT2D eigenvalue weighted by Gasteiger charge is 2.13. The first kappa shape index (κ1) is 20.6. The fraction of sp³-hybridized carbons (Fsp3) is 0.0417. The molecule has 0 saturated heterocycles. The van der Waals surface area contributed by atoms with Crippen molar-refractivity contribution in [1.29, 1.82) is 5.26 Å². The number of rotatable bonds is 6. The lowest BCUT2D eigenvalue weighted by Crippen LogP contribution is -2.13. The fourth-order valence-electron chi connectivity index (χ4n) is 3.02. The van der Waals surface area contributed by atoms with Crippen molar-refractivity contribution in [3.8, 4) is 17.3 Å². The van der Waals surface area contributed by atoms with Crippen molar-refractivity contribution >= 4 is 40.1 Å². The second kappa shape index (κ2) is 9.43. The molecule has 1 amide bonds. The predicted octanol–water partition coefficient (Wildman–Crippen LogP) is 5.86. The van der Waals surface area contributed by atoms with Crippen LogP contribution >= 0.6 is 22.9 Å². The lowest BCUT2D eigenvalue weighted by atomic mass is 10.2. The van der Waals surface area contributed by atoms with Gasteiger partial charge in [0.1, 0.15) is 11.6 Å². The normalized spacial score (nSPS) is 11.2. The van der Waals surface area contributed by atoms with Crippen molar-refractivity contribution in [1.82, 2.24) is 9.55 Å². The number of anilines is 1.